The number of nitriles is 1. The highest BCUT2D eigenvalue weighted by Crippen LogP contribution is 2.39. The van der Waals surface area contributed by atoms with Crippen LogP contribution in [0.5, 0.6) is 0 Å². The van der Waals surface area contributed by atoms with Gasteiger partial charge in [-0.2, -0.15) is 10.2 Å². The van der Waals surface area contributed by atoms with Crippen molar-refractivity contribution in [3.05, 3.63) is 51.3 Å². The van der Waals surface area contributed by atoms with Gasteiger partial charge in [0.15, 0.2) is 5.79 Å². The van der Waals surface area contributed by atoms with Crippen LogP contribution >= 0.6 is 0 Å². The number of aryl methyl sites for hydroxylation is 1. The van der Waals surface area contributed by atoms with E-state index in [1.807, 2.05) is 29.2 Å². The zero-order chi connectivity index (χ0) is 22.3. The molecule has 0 saturated carbocycles. The minimum atomic E-state index is -1.00. The van der Waals surface area contributed by atoms with E-state index in [2.05, 4.69) is 28.3 Å². The number of benzene rings is 1. The van der Waals surface area contributed by atoms with Crippen molar-refractivity contribution in [2.45, 2.75) is 37.9 Å². The molecule has 1 amide bonds. The summed E-state index contributed by atoms with van der Waals surface area (Å²) in [6.07, 6.45) is 2.22. The summed E-state index contributed by atoms with van der Waals surface area (Å²) in [5.74, 6) is -2.04. The van der Waals surface area contributed by atoms with Crippen molar-refractivity contribution in [2.24, 2.45) is 5.92 Å². The quantitative estimate of drug-likeness (QED) is 0.755. The number of aromatic amines is 1. The van der Waals surface area contributed by atoms with Gasteiger partial charge in [-0.1, -0.05) is 31.2 Å². The van der Waals surface area contributed by atoms with E-state index in [-0.39, 0.29) is 11.4 Å². The van der Waals surface area contributed by atoms with E-state index in [0.29, 0.717) is 50.7 Å². The van der Waals surface area contributed by atoms with Crippen LogP contribution in [0.2, 0.25) is 0 Å². The maximum Gasteiger partial charge on any atom is 0.258 e. The van der Waals surface area contributed by atoms with Crippen molar-refractivity contribution in [3.63, 3.8) is 0 Å². The van der Waals surface area contributed by atoms with E-state index in [1.54, 1.807) is 0 Å². The fraction of sp³-hybridized carbons (Fsp3) is 0.478. The predicted molar refractivity (Wildman–Crippen MR) is 116 cm³/mol. The van der Waals surface area contributed by atoms with Crippen molar-refractivity contribution < 1.29 is 14.3 Å². The fourth-order valence-corrected chi connectivity index (χ4v) is 4.81. The number of fused-ring (bicyclic) bond motifs is 1. The lowest BCUT2D eigenvalue weighted by Crippen LogP contribution is -2.46. The van der Waals surface area contributed by atoms with E-state index in [4.69, 9.17) is 9.47 Å². The first-order valence-corrected chi connectivity index (χ1v) is 11.0. The molecule has 0 aliphatic carbocycles. The molecule has 1 spiro atoms. The molecule has 5 rings (SSSR count). The number of hydrogen-bond donors (Lipinski definition) is 2. The molecule has 2 atom stereocenters. The number of carbonyl (C=O) groups is 1. The lowest BCUT2D eigenvalue weighted by molar-refractivity contribution is -0.169. The Hall–Kier alpha value is -3.22. The SMILES string of the molecule is CCc1ccc(C2c3c(nc(N4CCC5(CC4)OCCO5)[nH]c3=O)NC(=O)C2C#N)cc1. The molecule has 1 aromatic heterocycles. The summed E-state index contributed by atoms with van der Waals surface area (Å²) >= 11 is 0. The Morgan fingerprint density at radius 2 is 1.88 bits per heavy atom. The highest BCUT2D eigenvalue weighted by Gasteiger charge is 2.42. The molecule has 1 aromatic carbocycles. The third-order valence-electron chi connectivity index (χ3n) is 6.64. The number of hydrogen-bond acceptors (Lipinski definition) is 7. The van der Waals surface area contributed by atoms with Gasteiger partial charge in [0.2, 0.25) is 11.9 Å². The third-order valence-corrected chi connectivity index (χ3v) is 6.64. The second-order valence-corrected chi connectivity index (χ2v) is 8.42. The number of piperidine rings is 1. The summed E-state index contributed by atoms with van der Waals surface area (Å²) in [6, 6.07) is 9.76. The molecular formula is C23H25N5O4. The van der Waals surface area contributed by atoms with Gasteiger partial charge < -0.3 is 19.7 Å². The number of aromatic nitrogens is 2. The van der Waals surface area contributed by atoms with Crippen LogP contribution in [0.15, 0.2) is 29.1 Å². The molecule has 4 heterocycles. The van der Waals surface area contributed by atoms with Crippen LogP contribution in [0.25, 0.3) is 0 Å². The topological polar surface area (TPSA) is 120 Å². The summed E-state index contributed by atoms with van der Waals surface area (Å²) in [7, 11) is 0. The van der Waals surface area contributed by atoms with Gasteiger partial charge in [0.25, 0.3) is 5.56 Å². The molecule has 9 nitrogen and oxygen atoms in total. The van der Waals surface area contributed by atoms with E-state index in [9.17, 15) is 14.9 Å². The average Bonchev–Trinajstić information content (AvgIpc) is 3.26. The molecule has 2 unspecified atom stereocenters. The number of anilines is 2. The maximum atomic E-state index is 13.2. The molecule has 2 saturated heterocycles. The largest absolute Gasteiger partial charge is 0.347 e. The lowest BCUT2D eigenvalue weighted by Gasteiger charge is -2.38. The molecule has 32 heavy (non-hydrogen) atoms. The van der Waals surface area contributed by atoms with Crippen LogP contribution in [-0.4, -0.2) is 48.0 Å². The Bertz CT molecular complexity index is 1120. The first kappa shape index (κ1) is 20.7. The summed E-state index contributed by atoms with van der Waals surface area (Å²) in [6.45, 7) is 4.47. The van der Waals surface area contributed by atoms with Gasteiger partial charge in [-0.15, -0.1) is 0 Å². The number of ether oxygens (including phenoxy) is 2. The van der Waals surface area contributed by atoms with Gasteiger partial charge >= 0.3 is 0 Å². The monoisotopic (exact) mass is 435 g/mol. The number of nitrogens with zero attached hydrogens (tertiary/aromatic N) is 3. The van der Waals surface area contributed by atoms with Crippen molar-refractivity contribution in [1.29, 1.82) is 5.26 Å². The molecule has 0 radical (unpaired) electrons. The fourth-order valence-electron chi connectivity index (χ4n) is 4.81. The van der Waals surface area contributed by atoms with Crippen LogP contribution in [0.4, 0.5) is 11.8 Å². The number of rotatable bonds is 3. The number of nitrogens with one attached hydrogen (secondary N) is 2. The number of carbonyl (C=O) groups excluding carboxylic acids is 1. The predicted octanol–water partition coefficient (Wildman–Crippen LogP) is 1.90. The van der Waals surface area contributed by atoms with Gasteiger partial charge in [-0.3, -0.25) is 14.6 Å². The van der Waals surface area contributed by atoms with E-state index in [0.717, 1.165) is 17.5 Å². The van der Waals surface area contributed by atoms with Gasteiger partial charge in [0.1, 0.15) is 11.7 Å². The van der Waals surface area contributed by atoms with Crippen molar-refractivity contribution in [3.8, 4) is 6.07 Å². The molecule has 0 bridgehead atoms. The van der Waals surface area contributed by atoms with Gasteiger partial charge in [0, 0.05) is 31.8 Å². The normalized spacial score (nSPS) is 24.1. The molecule has 2 aromatic rings. The van der Waals surface area contributed by atoms with E-state index in [1.165, 1.54) is 0 Å². The summed E-state index contributed by atoms with van der Waals surface area (Å²) in [4.78, 5) is 35.4. The van der Waals surface area contributed by atoms with Crippen LogP contribution in [0.3, 0.4) is 0 Å². The summed E-state index contributed by atoms with van der Waals surface area (Å²) < 4.78 is 11.5. The second kappa shape index (κ2) is 8.04. The third kappa shape index (κ3) is 3.45. The second-order valence-electron chi connectivity index (χ2n) is 8.42. The Morgan fingerprint density at radius 3 is 2.50 bits per heavy atom. The van der Waals surface area contributed by atoms with Crippen molar-refractivity contribution >= 4 is 17.7 Å². The Balaban J connectivity index is 1.49. The lowest BCUT2D eigenvalue weighted by atomic mass is 9.79. The molecule has 3 aliphatic rings. The minimum absolute atomic E-state index is 0.221. The zero-order valence-electron chi connectivity index (χ0n) is 17.9. The zero-order valence-corrected chi connectivity index (χ0v) is 17.9. The molecule has 166 valence electrons. The Morgan fingerprint density at radius 1 is 1.19 bits per heavy atom. The Labute approximate surface area is 185 Å². The molecule has 2 N–H and O–H groups in total. The average molecular weight is 435 g/mol. The molecule has 9 heteroatoms. The molecular weight excluding hydrogens is 410 g/mol. The Kier molecular flexibility index (Phi) is 5.19. The standard InChI is InChI=1S/C23H25N5O4/c1-2-14-3-5-15(6-4-14)17-16(13-24)20(29)25-19-18(17)21(30)27-22(26-19)28-9-7-23(8-10-28)31-11-12-32-23/h3-6,16-17H,2,7-12H2,1H3,(H2,25,26,27,29,30). The number of amides is 1. The molecule has 2 fully saturated rings. The van der Waals surface area contributed by atoms with Crippen LogP contribution in [0.1, 0.15) is 42.4 Å². The van der Waals surface area contributed by atoms with Gasteiger partial charge in [-0.25, -0.2) is 0 Å². The maximum absolute atomic E-state index is 13.2. The van der Waals surface area contributed by atoms with E-state index < -0.39 is 23.5 Å². The molecule has 3 aliphatic heterocycles. The number of H-pyrrole nitrogens is 1. The highest BCUT2D eigenvalue weighted by atomic mass is 16.7. The van der Waals surface area contributed by atoms with Gasteiger partial charge in [0.05, 0.1) is 24.8 Å². The van der Waals surface area contributed by atoms with Crippen LogP contribution < -0.4 is 15.8 Å². The summed E-state index contributed by atoms with van der Waals surface area (Å²) in [5, 5.41) is 12.4. The van der Waals surface area contributed by atoms with Crippen molar-refractivity contribution in [2.75, 3.05) is 36.5 Å². The first-order chi connectivity index (χ1) is 15.5. The smallest absolute Gasteiger partial charge is 0.258 e. The van der Waals surface area contributed by atoms with Crippen molar-refractivity contribution in [1.82, 2.24) is 9.97 Å². The first-order valence-electron chi connectivity index (χ1n) is 11.0. The van der Waals surface area contributed by atoms with Crippen LogP contribution in [-0.2, 0) is 20.7 Å². The van der Waals surface area contributed by atoms with Crippen LogP contribution in [0, 0.1) is 17.2 Å². The van der Waals surface area contributed by atoms with Gasteiger partial charge in [-0.05, 0) is 17.5 Å². The van der Waals surface area contributed by atoms with E-state index >= 15 is 0 Å². The minimum Gasteiger partial charge on any atom is -0.347 e. The highest BCUT2D eigenvalue weighted by molar-refractivity contribution is 5.98. The summed E-state index contributed by atoms with van der Waals surface area (Å²) in [5.41, 5.74) is 1.87.